The SMILES string of the molecule is C=C.C=O.CC.CN.COc1ccc(NC(=O)CCNC(=O)c2ccc(-c3ccccc3C)cc2)c(C)c1. The third-order valence-electron chi connectivity index (χ3n) is 4.95. The summed E-state index contributed by atoms with van der Waals surface area (Å²) in [5.74, 6) is 0.393. The molecule has 0 unspecified atom stereocenters. The number of benzene rings is 3. The summed E-state index contributed by atoms with van der Waals surface area (Å²) >= 11 is 0. The first kappa shape index (κ1) is 35.9. The average Bonchev–Trinajstić information content (AvgIpc) is 2.98. The zero-order valence-electron chi connectivity index (χ0n) is 23.6. The van der Waals surface area contributed by atoms with Crippen molar-refractivity contribution in [2.45, 2.75) is 34.1 Å². The highest BCUT2D eigenvalue weighted by atomic mass is 16.5. The van der Waals surface area contributed by atoms with Crippen molar-refractivity contribution in [1.82, 2.24) is 5.32 Å². The summed E-state index contributed by atoms with van der Waals surface area (Å²) in [6.45, 7) is 16.2. The number of anilines is 1. The molecule has 206 valence electrons. The van der Waals surface area contributed by atoms with Gasteiger partial charge in [0.1, 0.15) is 12.5 Å². The van der Waals surface area contributed by atoms with Crippen LogP contribution in [0.5, 0.6) is 5.75 Å². The van der Waals surface area contributed by atoms with E-state index in [4.69, 9.17) is 9.53 Å². The van der Waals surface area contributed by atoms with E-state index in [1.165, 1.54) is 12.6 Å². The van der Waals surface area contributed by atoms with E-state index < -0.39 is 0 Å². The molecule has 0 spiro atoms. The number of amides is 2. The van der Waals surface area contributed by atoms with Crippen molar-refractivity contribution in [2.75, 3.05) is 26.0 Å². The van der Waals surface area contributed by atoms with Crippen molar-refractivity contribution < 1.29 is 19.1 Å². The van der Waals surface area contributed by atoms with E-state index in [0.29, 0.717) is 5.56 Å². The molecule has 0 aliphatic heterocycles. The molecule has 0 saturated carbocycles. The van der Waals surface area contributed by atoms with E-state index in [-0.39, 0.29) is 24.8 Å². The number of ether oxygens (including phenoxy) is 1. The molecule has 4 N–H and O–H groups in total. The summed E-state index contributed by atoms with van der Waals surface area (Å²) in [5.41, 5.74) is 10.1. The molecule has 3 aromatic carbocycles. The molecule has 3 aromatic rings. The molecule has 0 fully saturated rings. The minimum absolute atomic E-state index is 0.154. The Balaban J connectivity index is 0. The number of carbonyl (C=O) groups excluding carboxylic acids is 3. The molecule has 0 aliphatic rings. The average molecular weight is 522 g/mol. The van der Waals surface area contributed by atoms with Crippen LogP contribution < -0.4 is 21.1 Å². The number of nitrogens with one attached hydrogen (secondary N) is 2. The molecule has 3 rings (SSSR count). The van der Waals surface area contributed by atoms with Gasteiger partial charge in [-0.15, -0.1) is 13.2 Å². The number of carbonyl (C=O) groups is 3. The second kappa shape index (κ2) is 22.0. The Labute approximate surface area is 228 Å². The molecule has 0 saturated heterocycles. The topological polar surface area (TPSA) is 111 Å². The Morgan fingerprint density at radius 1 is 0.868 bits per heavy atom. The first-order chi connectivity index (χ1) is 18.5. The van der Waals surface area contributed by atoms with Gasteiger partial charge in [0.05, 0.1) is 7.11 Å². The highest BCUT2D eigenvalue weighted by Gasteiger charge is 2.09. The Hall–Kier alpha value is -4.23. The Kier molecular flexibility index (Phi) is 20.8. The Morgan fingerprint density at radius 3 is 1.97 bits per heavy atom. The number of nitrogens with two attached hydrogens (primary N) is 1. The smallest absolute Gasteiger partial charge is 0.251 e. The first-order valence-electron chi connectivity index (χ1n) is 12.2. The molecular formula is C31H43N3O4. The van der Waals surface area contributed by atoms with Crippen LogP contribution in [0.3, 0.4) is 0 Å². The molecule has 2 amide bonds. The first-order valence-corrected chi connectivity index (χ1v) is 12.2. The maximum absolute atomic E-state index is 12.4. The molecule has 0 aliphatic carbocycles. The summed E-state index contributed by atoms with van der Waals surface area (Å²) in [7, 11) is 3.10. The number of aryl methyl sites for hydroxylation is 2. The van der Waals surface area contributed by atoms with E-state index in [1.54, 1.807) is 31.4 Å². The fraction of sp³-hybridized carbons (Fsp3) is 0.258. The van der Waals surface area contributed by atoms with Gasteiger partial charge in [0, 0.05) is 24.2 Å². The van der Waals surface area contributed by atoms with Crippen molar-refractivity contribution in [1.29, 1.82) is 0 Å². The Morgan fingerprint density at radius 2 is 1.45 bits per heavy atom. The van der Waals surface area contributed by atoms with E-state index in [1.807, 2.05) is 57.9 Å². The fourth-order valence-corrected chi connectivity index (χ4v) is 3.21. The van der Waals surface area contributed by atoms with Gasteiger partial charge in [-0.05, 0) is 73.5 Å². The second-order valence-electron chi connectivity index (χ2n) is 7.13. The van der Waals surface area contributed by atoms with Crippen LogP contribution in [0.25, 0.3) is 11.1 Å². The van der Waals surface area contributed by atoms with Gasteiger partial charge >= 0.3 is 0 Å². The second-order valence-corrected chi connectivity index (χ2v) is 7.13. The maximum Gasteiger partial charge on any atom is 0.251 e. The van der Waals surface area contributed by atoms with Crippen molar-refractivity contribution in [3.05, 3.63) is 96.6 Å². The van der Waals surface area contributed by atoms with E-state index in [0.717, 1.165) is 28.1 Å². The van der Waals surface area contributed by atoms with Crippen LogP contribution in [-0.4, -0.2) is 39.3 Å². The Bertz CT molecular complexity index is 1080. The van der Waals surface area contributed by atoms with Crippen LogP contribution in [0.1, 0.15) is 41.8 Å². The lowest BCUT2D eigenvalue weighted by atomic mass is 9.99. The predicted octanol–water partition coefficient (Wildman–Crippen LogP) is 5.96. The van der Waals surface area contributed by atoms with E-state index in [9.17, 15) is 9.59 Å². The van der Waals surface area contributed by atoms with Crippen LogP contribution in [0.15, 0.2) is 79.9 Å². The molecule has 7 nitrogen and oxygen atoms in total. The largest absolute Gasteiger partial charge is 0.497 e. The quantitative estimate of drug-likeness (QED) is 0.333. The monoisotopic (exact) mass is 521 g/mol. The summed E-state index contributed by atoms with van der Waals surface area (Å²) in [6.07, 6.45) is 0.193. The minimum Gasteiger partial charge on any atom is -0.497 e. The van der Waals surface area contributed by atoms with Gasteiger partial charge in [0.2, 0.25) is 5.91 Å². The van der Waals surface area contributed by atoms with Crippen LogP contribution in [0, 0.1) is 13.8 Å². The lowest BCUT2D eigenvalue weighted by Crippen LogP contribution is -2.27. The molecular weight excluding hydrogens is 478 g/mol. The fourth-order valence-electron chi connectivity index (χ4n) is 3.21. The van der Waals surface area contributed by atoms with Gasteiger partial charge in [-0.3, -0.25) is 9.59 Å². The highest BCUT2D eigenvalue weighted by molar-refractivity contribution is 5.96. The summed E-state index contributed by atoms with van der Waals surface area (Å²) in [5, 5.41) is 5.66. The molecule has 0 heterocycles. The van der Waals surface area contributed by atoms with Crippen molar-refractivity contribution in [3.8, 4) is 16.9 Å². The zero-order chi connectivity index (χ0) is 29.5. The number of rotatable bonds is 7. The van der Waals surface area contributed by atoms with Crippen LogP contribution in [0.2, 0.25) is 0 Å². The molecule has 7 heteroatoms. The van der Waals surface area contributed by atoms with Gasteiger partial charge < -0.3 is 25.9 Å². The molecule has 0 bridgehead atoms. The van der Waals surface area contributed by atoms with Crippen molar-refractivity contribution >= 4 is 24.3 Å². The summed E-state index contributed by atoms with van der Waals surface area (Å²) < 4.78 is 5.17. The maximum atomic E-state index is 12.4. The standard InChI is InChI=1S/C25H26N2O3.C2H6.C2H4.CH5N.CH2O/c1-17-6-4-5-7-22(17)19-8-10-20(11-9-19)25(29)26-15-14-24(28)27-23-13-12-21(30-3)16-18(23)2;4*1-2/h4-13,16H,14-15H2,1-3H3,(H,26,29)(H,27,28);1-2H3;1-2H2;2H2,1H3;1H2. The lowest BCUT2D eigenvalue weighted by Gasteiger charge is -2.11. The van der Waals surface area contributed by atoms with Crippen LogP contribution in [0.4, 0.5) is 5.69 Å². The molecule has 0 aromatic heterocycles. The normalized spacial score (nSPS) is 8.71. The van der Waals surface area contributed by atoms with E-state index >= 15 is 0 Å². The summed E-state index contributed by atoms with van der Waals surface area (Å²) in [4.78, 5) is 32.5. The van der Waals surface area contributed by atoms with Gasteiger partial charge in [-0.1, -0.05) is 50.2 Å². The van der Waals surface area contributed by atoms with Gasteiger partial charge in [-0.2, -0.15) is 0 Å². The molecule has 38 heavy (non-hydrogen) atoms. The van der Waals surface area contributed by atoms with Crippen molar-refractivity contribution in [2.24, 2.45) is 5.73 Å². The van der Waals surface area contributed by atoms with Gasteiger partial charge in [-0.25, -0.2) is 0 Å². The minimum atomic E-state index is -0.195. The highest BCUT2D eigenvalue weighted by Crippen LogP contribution is 2.23. The summed E-state index contributed by atoms with van der Waals surface area (Å²) in [6, 6.07) is 21.1. The number of methoxy groups -OCH3 is 1. The number of hydrogen-bond donors (Lipinski definition) is 3. The predicted molar refractivity (Wildman–Crippen MR) is 160 cm³/mol. The molecule has 0 radical (unpaired) electrons. The van der Waals surface area contributed by atoms with Crippen molar-refractivity contribution in [3.63, 3.8) is 0 Å². The number of hydrogen-bond acceptors (Lipinski definition) is 5. The van der Waals surface area contributed by atoms with Crippen LogP contribution >= 0.6 is 0 Å². The third-order valence-corrected chi connectivity index (χ3v) is 4.95. The van der Waals surface area contributed by atoms with Gasteiger partial charge in [0.15, 0.2) is 0 Å². The van der Waals surface area contributed by atoms with E-state index in [2.05, 4.69) is 48.6 Å². The molecule has 0 atom stereocenters. The lowest BCUT2D eigenvalue weighted by molar-refractivity contribution is -0.116. The third kappa shape index (κ3) is 12.1. The van der Waals surface area contributed by atoms with Crippen LogP contribution in [-0.2, 0) is 9.59 Å². The zero-order valence-corrected chi connectivity index (χ0v) is 23.6. The van der Waals surface area contributed by atoms with Gasteiger partial charge in [0.25, 0.3) is 5.91 Å².